The van der Waals surface area contributed by atoms with Gasteiger partial charge >= 0.3 is 6.09 Å². The zero-order valence-corrected chi connectivity index (χ0v) is 12.2. The first-order valence-corrected chi connectivity index (χ1v) is 6.60. The maximum Gasteiger partial charge on any atom is 0.434 e. The molecule has 106 valence electrons. The van der Waals surface area contributed by atoms with Crippen LogP contribution in [0.5, 0.6) is 0 Å². The molecule has 1 fully saturated rings. The molecule has 18 heavy (non-hydrogen) atoms. The van der Waals surface area contributed by atoms with E-state index in [0.717, 1.165) is 25.9 Å². The van der Waals surface area contributed by atoms with E-state index in [4.69, 9.17) is 9.57 Å². The number of carbonyl (C=O) groups excluding carboxylic acids is 1. The van der Waals surface area contributed by atoms with E-state index in [9.17, 15) is 4.79 Å². The Morgan fingerprint density at radius 1 is 1.39 bits per heavy atom. The normalized spacial score (nSPS) is 25.4. The molecule has 5 nitrogen and oxygen atoms in total. The Hall–Kier alpha value is -0.810. The van der Waals surface area contributed by atoms with Gasteiger partial charge in [-0.2, -0.15) is 5.06 Å². The smallest absolute Gasteiger partial charge is 0.434 e. The van der Waals surface area contributed by atoms with Crippen molar-refractivity contribution in [3.8, 4) is 0 Å². The lowest BCUT2D eigenvalue weighted by atomic mass is 10.0. The summed E-state index contributed by atoms with van der Waals surface area (Å²) in [5.41, 5.74) is -0.498. The first kappa shape index (κ1) is 15.2. The number of hydrogen-bond donors (Lipinski definition) is 1. The molecule has 0 aliphatic carbocycles. The van der Waals surface area contributed by atoms with Gasteiger partial charge in [0.05, 0.1) is 13.2 Å². The first-order valence-electron chi connectivity index (χ1n) is 6.60. The Balaban J connectivity index is 2.66. The van der Waals surface area contributed by atoms with Crippen LogP contribution in [0.2, 0.25) is 0 Å². The average Bonchev–Trinajstić information content (AvgIpc) is 2.41. The standard InChI is InChI=1S/C13H26N2O3/c1-10-8-11(6-7-14-9-10)15(17-5)12(16)18-13(2,3)4/h10-11,14H,6-9H2,1-5H3. The zero-order valence-electron chi connectivity index (χ0n) is 12.2. The van der Waals surface area contributed by atoms with E-state index >= 15 is 0 Å². The summed E-state index contributed by atoms with van der Waals surface area (Å²) in [6.45, 7) is 9.64. The van der Waals surface area contributed by atoms with Crippen molar-refractivity contribution in [2.75, 3.05) is 20.2 Å². The van der Waals surface area contributed by atoms with Crippen molar-refractivity contribution in [1.29, 1.82) is 0 Å². The number of nitrogens with zero attached hydrogens (tertiary/aromatic N) is 1. The highest BCUT2D eigenvalue weighted by molar-refractivity contribution is 5.67. The third-order valence-corrected chi connectivity index (χ3v) is 2.92. The summed E-state index contributed by atoms with van der Waals surface area (Å²) in [5.74, 6) is 0.526. The summed E-state index contributed by atoms with van der Waals surface area (Å²) >= 11 is 0. The third kappa shape index (κ3) is 4.82. The van der Waals surface area contributed by atoms with Crippen molar-refractivity contribution in [2.24, 2.45) is 5.92 Å². The van der Waals surface area contributed by atoms with Gasteiger partial charge in [-0.1, -0.05) is 6.92 Å². The van der Waals surface area contributed by atoms with Crippen LogP contribution >= 0.6 is 0 Å². The Kier molecular flexibility index (Phi) is 5.41. The molecule has 0 aromatic carbocycles. The molecule has 2 atom stereocenters. The van der Waals surface area contributed by atoms with Crippen molar-refractivity contribution in [3.05, 3.63) is 0 Å². The van der Waals surface area contributed by atoms with Gasteiger partial charge in [0.15, 0.2) is 0 Å². The molecule has 0 spiro atoms. The maximum atomic E-state index is 12.1. The second-order valence-corrected chi connectivity index (χ2v) is 5.98. The van der Waals surface area contributed by atoms with Crippen molar-refractivity contribution in [3.63, 3.8) is 0 Å². The van der Waals surface area contributed by atoms with Gasteiger partial charge in [0, 0.05) is 0 Å². The van der Waals surface area contributed by atoms with Crippen LogP contribution in [0.1, 0.15) is 40.5 Å². The minimum atomic E-state index is -0.498. The van der Waals surface area contributed by atoms with Gasteiger partial charge in [-0.3, -0.25) is 4.84 Å². The number of ether oxygens (including phenoxy) is 1. The zero-order chi connectivity index (χ0) is 13.8. The summed E-state index contributed by atoms with van der Waals surface area (Å²) in [6.07, 6.45) is 1.42. The van der Waals surface area contributed by atoms with E-state index in [0.29, 0.717) is 5.92 Å². The van der Waals surface area contributed by atoms with Gasteiger partial charge in [-0.05, 0) is 52.6 Å². The number of carbonyl (C=O) groups is 1. The average molecular weight is 258 g/mol. The molecule has 1 aliphatic rings. The SMILES string of the molecule is CON(C(=O)OC(C)(C)C)C1CCNCC(C)C1. The highest BCUT2D eigenvalue weighted by Gasteiger charge is 2.30. The molecule has 0 bridgehead atoms. The van der Waals surface area contributed by atoms with Crippen LogP contribution in [0.15, 0.2) is 0 Å². The lowest BCUT2D eigenvalue weighted by Crippen LogP contribution is -2.43. The molecule has 1 N–H and O–H groups in total. The third-order valence-electron chi connectivity index (χ3n) is 2.92. The highest BCUT2D eigenvalue weighted by atomic mass is 16.7. The molecule has 1 amide bonds. The lowest BCUT2D eigenvalue weighted by Gasteiger charge is -2.31. The number of nitrogens with one attached hydrogen (secondary N) is 1. The molecule has 5 heteroatoms. The predicted octanol–water partition coefficient (Wildman–Crippen LogP) is 2.17. The molecular weight excluding hydrogens is 232 g/mol. The molecule has 1 saturated heterocycles. The lowest BCUT2D eigenvalue weighted by molar-refractivity contribution is -0.151. The van der Waals surface area contributed by atoms with Gasteiger partial charge < -0.3 is 10.1 Å². The van der Waals surface area contributed by atoms with Gasteiger partial charge in [0.25, 0.3) is 0 Å². The van der Waals surface area contributed by atoms with Crippen molar-refractivity contribution in [2.45, 2.75) is 52.2 Å². The van der Waals surface area contributed by atoms with E-state index in [2.05, 4.69) is 12.2 Å². The van der Waals surface area contributed by atoms with Crippen LogP contribution in [-0.4, -0.2) is 43.0 Å². The first-order chi connectivity index (χ1) is 8.33. The van der Waals surface area contributed by atoms with Gasteiger partial charge in [-0.25, -0.2) is 4.79 Å². The van der Waals surface area contributed by atoms with Crippen LogP contribution in [0.25, 0.3) is 0 Å². The summed E-state index contributed by atoms with van der Waals surface area (Å²) in [6, 6.07) is 0.0786. The topological polar surface area (TPSA) is 50.8 Å². The summed E-state index contributed by atoms with van der Waals surface area (Å²) < 4.78 is 5.36. The Labute approximate surface area is 110 Å². The van der Waals surface area contributed by atoms with Crippen molar-refractivity contribution >= 4 is 6.09 Å². The van der Waals surface area contributed by atoms with Crippen LogP contribution in [0, 0.1) is 5.92 Å². The highest BCUT2D eigenvalue weighted by Crippen LogP contribution is 2.20. The Morgan fingerprint density at radius 2 is 2.06 bits per heavy atom. The number of rotatable bonds is 2. The van der Waals surface area contributed by atoms with E-state index in [1.54, 1.807) is 0 Å². The summed E-state index contributed by atoms with van der Waals surface area (Å²) in [7, 11) is 1.52. The van der Waals surface area contributed by atoms with E-state index < -0.39 is 11.7 Å². The van der Waals surface area contributed by atoms with Crippen LogP contribution < -0.4 is 5.32 Å². The summed E-state index contributed by atoms with van der Waals surface area (Å²) in [5, 5.41) is 4.74. The molecule has 1 aliphatic heterocycles. The molecule has 2 unspecified atom stereocenters. The second kappa shape index (κ2) is 6.38. The molecule has 0 saturated carbocycles. The number of amides is 1. The minimum absolute atomic E-state index is 0.0786. The fraction of sp³-hybridized carbons (Fsp3) is 0.923. The Bertz CT molecular complexity index is 276. The number of hydrogen-bond acceptors (Lipinski definition) is 4. The quantitative estimate of drug-likeness (QED) is 0.771. The molecule has 0 radical (unpaired) electrons. The van der Waals surface area contributed by atoms with E-state index in [1.807, 2.05) is 20.8 Å². The van der Waals surface area contributed by atoms with Crippen molar-refractivity contribution < 1.29 is 14.4 Å². The molecule has 0 aromatic rings. The largest absolute Gasteiger partial charge is 0.442 e. The van der Waals surface area contributed by atoms with E-state index in [-0.39, 0.29) is 6.04 Å². The molecule has 0 aromatic heterocycles. The molecule has 1 rings (SSSR count). The van der Waals surface area contributed by atoms with E-state index in [1.165, 1.54) is 12.2 Å². The van der Waals surface area contributed by atoms with Gasteiger partial charge in [-0.15, -0.1) is 0 Å². The maximum absolute atomic E-state index is 12.1. The van der Waals surface area contributed by atoms with Crippen LogP contribution in [0.4, 0.5) is 4.79 Å². The van der Waals surface area contributed by atoms with Crippen LogP contribution in [0.3, 0.4) is 0 Å². The van der Waals surface area contributed by atoms with Crippen molar-refractivity contribution in [1.82, 2.24) is 10.4 Å². The van der Waals surface area contributed by atoms with Gasteiger partial charge in [0.1, 0.15) is 5.60 Å². The minimum Gasteiger partial charge on any atom is -0.442 e. The van der Waals surface area contributed by atoms with Crippen LogP contribution in [-0.2, 0) is 9.57 Å². The fourth-order valence-electron chi connectivity index (χ4n) is 2.18. The molecule has 1 heterocycles. The fourth-order valence-corrected chi connectivity index (χ4v) is 2.18. The summed E-state index contributed by atoms with van der Waals surface area (Å²) in [4.78, 5) is 17.3. The monoisotopic (exact) mass is 258 g/mol. The predicted molar refractivity (Wildman–Crippen MR) is 70.1 cm³/mol. The van der Waals surface area contributed by atoms with Gasteiger partial charge in [0.2, 0.25) is 0 Å². The number of hydroxylamine groups is 2. The molecular formula is C13H26N2O3. The Morgan fingerprint density at radius 3 is 2.61 bits per heavy atom. The second-order valence-electron chi connectivity index (χ2n) is 5.98.